The SMILES string of the molecule is CC(=O)OC[C@H]1O[C@H](O)[C@H](OC(=O)CCl)[C@@H](OC(C)=O)[C@H]1OC(C)=O. The summed E-state index contributed by atoms with van der Waals surface area (Å²) in [6, 6.07) is 0. The molecule has 5 atom stereocenters. The van der Waals surface area contributed by atoms with Crippen LogP contribution in [0.5, 0.6) is 0 Å². The lowest BCUT2D eigenvalue weighted by Gasteiger charge is -2.42. The fraction of sp³-hybridized carbons (Fsp3) is 0.714. The lowest BCUT2D eigenvalue weighted by atomic mass is 9.98. The molecule has 1 fully saturated rings. The van der Waals surface area contributed by atoms with Crippen LogP contribution >= 0.6 is 11.6 Å². The number of carbonyl (C=O) groups excluding carboxylic acids is 4. The molecular formula is C14H19ClO10. The predicted octanol–water partition coefficient (Wildman–Crippen LogP) is -0.719. The molecule has 142 valence electrons. The van der Waals surface area contributed by atoms with Crippen molar-refractivity contribution in [2.75, 3.05) is 12.5 Å². The van der Waals surface area contributed by atoms with Crippen LogP contribution in [0, 0.1) is 0 Å². The molecule has 1 rings (SSSR count). The molecule has 0 bridgehead atoms. The normalized spacial score (nSPS) is 28.6. The van der Waals surface area contributed by atoms with Crippen LogP contribution < -0.4 is 0 Å². The van der Waals surface area contributed by atoms with Gasteiger partial charge in [-0.3, -0.25) is 19.2 Å². The van der Waals surface area contributed by atoms with Gasteiger partial charge in [0.15, 0.2) is 24.6 Å². The van der Waals surface area contributed by atoms with E-state index in [2.05, 4.69) is 0 Å². The first-order valence-electron chi connectivity index (χ1n) is 7.22. The molecule has 1 N–H and O–H groups in total. The van der Waals surface area contributed by atoms with E-state index in [0.717, 1.165) is 20.8 Å². The summed E-state index contributed by atoms with van der Waals surface area (Å²) in [5, 5.41) is 10.1. The highest BCUT2D eigenvalue weighted by Gasteiger charge is 2.51. The number of ether oxygens (including phenoxy) is 5. The van der Waals surface area contributed by atoms with Crippen LogP contribution in [0.15, 0.2) is 0 Å². The summed E-state index contributed by atoms with van der Waals surface area (Å²) in [5.74, 6) is -3.61. The van der Waals surface area contributed by atoms with E-state index in [-0.39, 0.29) is 0 Å². The zero-order valence-electron chi connectivity index (χ0n) is 13.8. The second-order valence-corrected chi connectivity index (χ2v) is 5.37. The van der Waals surface area contributed by atoms with Crippen LogP contribution in [0.25, 0.3) is 0 Å². The molecule has 25 heavy (non-hydrogen) atoms. The van der Waals surface area contributed by atoms with Gasteiger partial charge in [0, 0.05) is 20.8 Å². The molecule has 1 aliphatic rings. The van der Waals surface area contributed by atoms with E-state index in [1.165, 1.54) is 0 Å². The summed E-state index contributed by atoms with van der Waals surface area (Å²) in [7, 11) is 0. The monoisotopic (exact) mass is 382 g/mol. The number of carbonyl (C=O) groups is 4. The first kappa shape index (κ1) is 21.1. The highest BCUT2D eigenvalue weighted by Crippen LogP contribution is 2.28. The largest absolute Gasteiger partial charge is 0.463 e. The Balaban J connectivity index is 3.12. The van der Waals surface area contributed by atoms with Crippen molar-refractivity contribution in [1.82, 2.24) is 0 Å². The van der Waals surface area contributed by atoms with Crippen molar-refractivity contribution >= 4 is 35.5 Å². The summed E-state index contributed by atoms with van der Waals surface area (Å²) in [5.41, 5.74) is 0. The minimum absolute atomic E-state index is 0.391. The predicted molar refractivity (Wildman–Crippen MR) is 79.2 cm³/mol. The molecule has 0 aromatic rings. The zero-order chi connectivity index (χ0) is 19.1. The maximum atomic E-state index is 11.4. The van der Waals surface area contributed by atoms with Gasteiger partial charge in [0.1, 0.15) is 18.6 Å². The molecule has 0 spiro atoms. The number of esters is 4. The average molecular weight is 383 g/mol. The van der Waals surface area contributed by atoms with Crippen LogP contribution in [0.3, 0.4) is 0 Å². The van der Waals surface area contributed by atoms with Gasteiger partial charge in [-0.1, -0.05) is 0 Å². The van der Waals surface area contributed by atoms with E-state index in [1.807, 2.05) is 0 Å². The van der Waals surface area contributed by atoms with Crippen molar-refractivity contribution in [1.29, 1.82) is 0 Å². The number of hydrogen-bond donors (Lipinski definition) is 1. The highest BCUT2D eigenvalue weighted by molar-refractivity contribution is 6.26. The van der Waals surface area contributed by atoms with Gasteiger partial charge in [0.2, 0.25) is 0 Å². The first-order valence-corrected chi connectivity index (χ1v) is 7.76. The molecule has 0 amide bonds. The van der Waals surface area contributed by atoms with Crippen molar-refractivity contribution in [3.05, 3.63) is 0 Å². The molecule has 1 saturated heterocycles. The smallest absolute Gasteiger partial charge is 0.321 e. The topological polar surface area (TPSA) is 135 Å². The maximum Gasteiger partial charge on any atom is 0.321 e. The summed E-state index contributed by atoms with van der Waals surface area (Å²) in [6.07, 6.45) is -7.06. The second-order valence-electron chi connectivity index (χ2n) is 5.10. The van der Waals surface area contributed by atoms with E-state index < -0.39 is 67.1 Å². The second kappa shape index (κ2) is 9.54. The maximum absolute atomic E-state index is 11.4. The Morgan fingerprint density at radius 1 is 0.920 bits per heavy atom. The Kier molecular flexibility index (Phi) is 8.07. The van der Waals surface area contributed by atoms with Gasteiger partial charge in [-0.25, -0.2) is 0 Å². The number of rotatable bonds is 6. The van der Waals surface area contributed by atoms with Gasteiger partial charge in [0.05, 0.1) is 0 Å². The first-order chi connectivity index (χ1) is 11.6. The van der Waals surface area contributed by atoms with Crippen molar-refractivity contribution in [3.63, 3.8) is 0 Å². The molecule has 0 aromatic carbocycles. The summed E-state index contributed by atoms with van der Waals surface area (Å²) in [6.45, 7) is 2.93. The van der Waals surface area contributed by atoms with Crippen LogP contribution in [0.4, 0.5) is 0 Å². The van der Waals surface area contributed by atoms with Crippen molar-refractivity contribution in [3.8, 4) is 0 Å². The summed E-state index contributed by atoms with van der Waals surface area (Å²) < 4.78 is 25.1. The third-order valence-corrected chi connectivity index (χ3v) is 3.26. The van der Waals surface area contributed by atoms with E-state index in [4.69, 9.17) is 35.3 Å². The minimum atomic E-state index is -1.73. The van der Waals surface area contributed by atoms with Crippen LogP contribution in [-0.2, 0) is 42.9 Å². The number of hydrogen-bond acceptors (Lipinski definition) is 10. The fourth-order valence-electron chi connectivity index (χ4n) is 2.20. The molecule has 0 radical (unpaired) electrons. The molecule has 0 saturated carbocycles. The Labute approximate surface area is 148 Å². The molecule has 1 heterocycles. The van der Waals surface area contributed by atoms with E-state index >= 15 is 0 Å². The number of halogens is 1. The third kappa shape index (κ3) is 6.48. The van der Waals surface area contributed by atoms with Gasteiger partial charge in [-0.2, -0.15) is 0 Å². The summed E-state index contributed by atoms with van der Waals surface area (Å²) in [4.78, 5) is 45.2. The van der Waals surface area contributed by atoms with Crippen molar-refractivity contribution in [2.45, 2.75) is 51.5 Å². The number of aliphatic hydroxyl groups excluding tert-OH is 1. The Morgan fingerprint density at radius 3 is 1.96 bits per heavy atom. The van der Waals surface area contributed by atoms with E-state index in [1.54, 1.807) is 0 Å². The molecule has 11 heteroatoms. The fourth-order valence-corrected chi connectivity index (χ4v) is 2.26. The standard InChI is InChI=1S/C14H19ClO10/c1-6(16)21-5-9-11(22-7(2)17)12(23-8(3)18)13(14(20)24-9)25-10(19)4-15/h9,11-14,20H,4-5H2,1-3H3/t9-,11+,12+,13-,14+/m1/s1. The molecule has 1 aliphatic heterocycles. The highest BCUT2D eigenvalue weighted by atomic mass is 35.5. The molecule has 0 aliphatic carbocycles. The van der Waals surface area contributed by atoms with Crippen LogP contribution in [-0.4, -0.2) is 72.2 Å². The van der Waals surface area contributed by atoms with Gasteiger partial charge < -0.3 is 28.8 Å². The lowest BCUT2D eigenvalue weighted by Crippen LogP contribution is -2.62. The van der Waals surface area contributed by atoms with Gasteiger partial charge >= 0.3 is 23.9 Å². The molecule has 10 nitrogen and oxygen atoms in total. The number of aliphatic hydroxyl groups is 1. The van der Waals surface area contributed by atoms with Crippen LogP contribution in [0.1, 0.15) is 20.8 Å². The Morgan fingerprint density at radius 2 is 1.48 bits per heavy atom. The minimum Gasteiger partial charge on any atom is -0.463 e. The van der Waals surface area contributed by atoms with Gasteiger partial charge in [-0.15, -0.1) is 11.6 Å². The molecule has 0 aromatic heterocycles. The lowest BCUT2D eigenvalue weighted by molar-refractivity contribution is -0.296. The van der Waals surface area contributed by atoms with Crippen LogP contribution in [0.2, 0.25) is 0 Å². The van der Waals surface area contributed by atoms with Gasteiger partial charge in [0.25, 0.3) is 0 Å². The van der Waals surface area contributed by atoms with Crippen molar-refractivity contribution < 1.29 is 48.0 Å². The summed E-state index contributed by atoms with van der Waals surface area (Å²) >= 11 is 5.36. The van der Waals surface area contributed by atoms with Gasteiger partial charge in [-0.05, 0) is 0 Å². The third-order valence-electron chi connectivity index (χ3n) is 3.04. The van der Waals surface area contributed by atoms with E-state index in [9.17, 15) is 24.3 Å². The van der Waals surface area contributed by atoms with Crippen molar-refractivity contribution in [2.24, 2.45) is 0 Å². The zero-order valence-corrected chi connectivity index (χ0v) is 14.6. The Hall–Kier alpha value is -1.91. The quantitative estimate of drug-likeness (QED) is 0.356. The molecular weight excluding hydrogens is 364 g/mol. The number of alkyl halides is 1. The Bertz CT molecular complexity index is 522. The molecule has 0 unspecified atom stereocenters. The van der Waals surface area contributed by atoms with E-state index in [0.29, 0.717) is 0 Å². The average Bonchev–Trinajstić information content (AvgIpc) is 2.50.